The number of halogens is 4. The van der Waals surface area contributed by atoms with E-state index < -0.39 is 23.8 Å². The first-order chi connectivity index (χ1) is 12.2. The third-order valence-corrected chi connectivity index (χ3v) is 5.20. The van der Waals surface area contributed by atoms with E-state index in [-0.39, 0.29) is 31.9 Å². The molecule has 1 atom stereocenters. The second-order valence-corrected chi connectivity index (χ2v) is 7.24. The van der Waals surface area contributed by atoms with Gasteiger partial charge >= 0.3 is 0 Å². The number of amides is 3. The molecule has 1 N–H and O–H groups in total. The maximum absolute atomic E-state index is 12.6. The quantitative estimate of drug-likeness (QED) is 0.701. The summed E-state index contributed by atoms with van der Waals surface area (Å²) in [5.41, 5.74) is 0.480. The molecule has 0 aliphatic carbocycles. The molecule has 9 heteroatoms. The number of rotatable bonds is 3. The Balaban J connectivity index is 1.87. The number of fused-ring (bicyclic) bond motifs is 1. The van der Waals surface area contributed by atoms with Gasteiger partial charge in [-0.3, -0.25) is 19.3 Å². The smallest absolute Gasteiger partial charge is 0.262 e. The third kappa shape index (κ3) is 3.28. The molecule has 1 aliphatic heterocycles. The van der Waals surface area contributed by atoms with Crippen LogP contribution in [0.25, 0.3) is 0 Å². The van der Waals surface area contributed by atoms with Crippen LogP contribution in [0.2, 0.25) is 20.1 Å². The third-order valence-electron chi connectivity index (χ3n) is 3.91. The van der Waals surface area contributed by atoms with Crippen LogP contribution >= 0.6 is 46.4 Å². The molecule has 2 aromatic carbocycles. The molecule has 0 saturated carbocycles. The Morgan fingerprint density at radius 3 is 2.00 bits per heavy atom. The van der Waals surface area contributed by atoms with E-state index in [2.05, 4.69) is 5.32 Å². The van der Waals surface area contributed by atoms with Gasteiger partial charge in [-0.1, -0.05) is 46.4 Å². The molecule has 0 bridgehead atoms. The van der Waals surface area contributed by atoms with Gasteiger partial charge in [0.25, 0.3) is 11.8 Å². The molecule has 0 radical (unpaired) electrons. The predicted molar refractivity (Wildman–Crippen MR) is 102 cm³/mol. The molecular formula is C17H10Cl4N2O3. The zero-order chi connectivity index (χ0) is 19.2. The van der Waals surface area contributed by atoms with Crippen molar-refractivity contribution in [2.45, 2.75) is 13.0 Å². The topological polar surface area (TPSA) is 66.5 Å². The van der Waals surface area contributed by atoms with Gasteiger partial charge < -0.3 is 5.32 Å². The summed E-state index contributed by atoms with van der Waals surface area (Å²) in [4.78, 5) is 38.5. The van der Waals surface area contributed by atoms with Crippen LogP contribution in [0.3, 0.4) is 0 Å². The predicted octanol–water partition coefficient (Wildman–Crippen LogP) is 4.92. The molecule has 1 heterocycles. The monoisotopic (exact) mass is 430 g/mol. The van der Waals surface area contributed by atoms with E-state index in [1.54, 1.807) is 6.07 Å². The molecule has 26 heavy (non-hydrogen) atoms. The lowest BCUT2D eigenvalue weighted by Gasteiger charge is -2.22. The SMILES string of the molecule is CC(C(=O)Nc1cc(Cl)ccc1Cl)N1C(=O)c2cc(Cl)c(Cl)cc2C1=O. The van der Waals surface area contributed by atoms with E-state index in [0.717, 1.165) is 4.90 Å². The molecule has 2 aromatic rings. The highest BCUT2D eigenvalue weighted by atomic mass is 35.5. The van der Waals surface area contributed by atoms with Gasteiger partial charge in [0.05, 0.1) is 31.9 Å². The van der Waals surface area contributed by atoms with Crippen molar-refractivity contribution < 1.29 is 14.4 Å². The first-order valence-electron chi connectivity index (χ1n) is 7.33. The van der Waals surface area contributed by atoms with Crippen LogP contribution in [0.4, 0.5) is 5.69 Å². The van der Waals surface area contributed by atoms with Gasteiger partial charge in [-0.15, -0.1) is 0 Å². The minimum atomic E-state index is -1.09. The van der Waals surface area contributed by atoms with Crippen LogP contribution in [0, 0.1) is 0 Å². The molecule has 5 nitrogen and oxygen atoms in total. The van der Waals surface area contributed by atoms with Crippen LogP contribution < -0.4 is 5.32 Å². The van der Waals surface area contributed by atoms with Gasteiger partial charge in [-0.05, 0) is 37.3 Å². The van der Waals surface area contributed by atoms with E-state index >= 15 is 0 Å². The standard InChI is InChI=1S/C17H10Cl4N2O3/c1-7(15(24)22-14-4-8(18)2-3-11(14)19)23-16(25)9-5-12(20)13(21)6-10(9)17(23)26/h2-7H,1H3,(H,22,24). The van der Waals surface area contributed by atoms with Crippen molar-refractivity contribution >= 4 is 69.8 Å². The number of nitrogens with one attached hydrogen (secondary N) is 1. The average molecular weight is 432 g/mol. The molecule has 0 aromatic heterocycles. The van der Waals surface area contributed by atoms with Crippen LogP contribution in [0.15, 0.2) is 30.3 Å². The fourth-order valence-electron chi connectivity index (χ4n) is 2.55. The minimum Gasteiger partial charge on any atom is -0.323 e. The molecule has 0 saturated heterocycles. The fourth-order valence-corrected chi connectivity index (χ4v) is 3.22. The second kappa shape index (κ2) is 7.08. The molecule has 3 rings (SSSR count). The number of benzene rings is 2. The molecular weight excluding hydrogens is 422 g/mol. The zero-order valence-electron chi connectivity index (χ0n) is 13.1. The summed E-state index contributed by atoms with van der Waals surface area (Å²) < 4.78 is 0. The minimum absolute atomic E-state index is 0.102. The summed E-state index contributed by atoms with van der Waals surface area (Å²) in [6, 6.07) is 6.11. The normalized spacial score (nSPS) is 14.4. The molecule has 1 aliphatic rings. The van der Waals surface area contributed by atoms with Gasteiger partial charge in [-0.25, -0.2) is 0 Å². The second-order valence-electron chi connectivity index (χ2n) is 5.58. The Bertz CT molecular complexity index is 920. The van der Waals surface area contributed by atoms with Crippen LogP contribution in [0.5, 0.6) is 0 Å². The van der Waals surface area contributed by atoms with Gasteiger partial charge in [0.1, 0.15) is 6.04 Å². The Kier molecular flexibility index (Phi) is 5.17. The summed E-state index contributed by atoms with van der Waals surface area (Å²) in [6.07, 6.45) is 0. The summed E-state index contributed by atoms with van der Waals surface area (Å²) in [6.45, 7) is 1.43. The van der Waals surface area contributed by atoms with Crippen molar-refractivity contribution in [1.29, 1.82) is 0 Å². The number of carbonyl (C=O) groups is 3. The molecule has 0 spiro atoms. The maximum atomic E-state index is 12.6. The lowest BCUT2D eigenvalue weighted by atomic mass is 10.1. The Labute approximate surface area is 168 Å². The highest BCUT2D eigenvalue weighted by Crippen LogP contribution is 2.33. The maximum Gasteiger partial charge on any atom is 0.262 e. The van der Waals surface area contributed by atoms with Crippen LogP contribution in [-0.2, 0) is 4.79 Å². The van der Waals surface area contributed by atoms with E-state index in [4.69, 9.17) is 46.4 Å². The van der Waals surface area contributed by atoms with Crippen molar-refractivity contribution in [2.75, 3.05) is 5.32 Å². The van der Waals surface area contributed by atoms with Crippen molar-refractivity contribution in [3.05, 3.63) is 61.5 Å². The summed E-state index contributed by atoms with van der Waals surface area (Å²) in [5, 5.41) is 3.51. The molecule has 134 valence electrons. The Morgan fingerprint density at radius 2 is 1.46 bits per heavy atom. The van der Waals surface area contributed by atoms with E-state index in [0.29, 0.717) is 5.02 Å². The highest BCUT2D eigenvalue weighted by Gasteiger charge is 2.41. The van der Waals surface area contributed by atoms with Gasteiger partial charge in [0, 0.05) is 5.02 Å². The lowest BCUT2D eigenvalue weighted by Crippen LogP contribution is -2.45. The van der Waals surface area contributed by atoms with Gasteiger partial charge in [-0.2, -0.15) is 0 Å². The fraction of sp³-hybridized carbons (Fsp3) is 0.118. The van der Waals surface area contributed by atoms with Crippen molar-refractivity contribution in [3.8, 4) is 0 Å². The van der Waals surface area contributed by atoms with E-state index in [1.807, 2.05) is 0 Å². The van der Waals surface area contributed by atoms with Crippen LogP contribution in [-0.4, -0.2) is 28.7 Å². The summed E-state index contributed by atoms with van der Waals surface area (Å²) in [5.74, 6) is -1.84. The lowest BCUT2D eigenvalue weighted by molar-refractivity contribution is -0.119. The number of hydrogen-bond donors (Lipinski definition) is 1. The Hall–Kier alpha value is -1.79. The molecule has 3 amide bonds. The number of hydrogen-bond acceptors (Lipinski definition) is 3. The first kappa shape index (κ1) is 19.0. The average Bonchev–Trinajstić information content (AvgIpc) is 2.81. The molecule has 0 fully saturated rings. The van der Waals surface area contributed by atoms with Crippen LogP contribution in [0.1, 0.15) is 27.6 Å². The van der Waals surface area contributed by atoms with Gasteiger partial charge in [0.15, 0.2) is 0 Å². The zero-order valence-corrected chi connectivity index (χ0v) is 16.2. The summed E-state index contributed by atoms with van der Waals surface area (Å²) >= 11 is 23.7. The number of anilines is 1. The Morgan fingerprint density at radius 1 is 0.923 bits per heavy atom. The van der Waals surface area contributed by atoms with Gasteiger partial charge in [0.2, 0.25) is 5.91 Å². The van der Waals surface area contributed by atoms with Crippen molar-refractivity contribution in [3.63, 3.8) is 0 Å². The number of carbonyl (C=O) groups excluding carboxylic acids is 3. The van der Waals surface area contributed by atoms with Crippen molar-refractivity contribution in [2.24, 2.45) is 0 Å². The first-order valence-corrected chi connectivity index (χ1v) is 8.84. The van der Waals surface area contributed by atoms with Crippen molar-refractivity contribution in [1.82, 2.24) is 4.90 Å². The highest BCUT2D eigenvalue weighted by molar-refractivity contribution is 6.43. The largest absolute Gasteiger partial charge is 0.323 e. The van der Waals surface area contributed by atoms with E-state index in [1.165, 1.54) is 31.2 Å². The van der Waals surface area contributed by atoms with E-state index in [9.17, 15) is 14.4 Å². The number of imide groups is 1. The number of nitrogens with zero attached hydrogens (tertiary/aromatic N) is 1. The summed E-state index contributed by atoms with van der Waals surface area (Å²) in [7, 11) is 0. The molecule has 1 unspecified atom stereocenters.